The van der Waals surface area contributed by atoms with Crippen molar-refractivity contribution in [1.82, 2.24) is 10.6 Å². The molecule has 0 saturated carbocycles. The number of ether oxygens (including phenoxy) is 1. The highest BCUT2D eigenvalue weighted by Crippen LogP contribution is 2.20. The number of nitrogens with one attached hydrogen (secondary N) is 2. The van der Waals surface area contributed by atoms with Gasteiger partial charge in [0.05, 0.1) is 6.61 Å². The highest BCUT2D eigenvalue weighted by Gasteiger charge is 2.26. The first-order chi connectivity index (χ1) is 7.59. The van der Waals surface area contributed by atoms with Crippen LogP contribution >= 0.6 is 0 Å². The quantitative estimate of drug-likeness (QED) is 0.552. The van der Waals surface area contributed by atoms with Gasteiger partial charge in [-0.15, -0.1) is 0 Å². The van der Waals surface area contributed by atoms with E-state index in [9.17, 15) is 9.59 Å². The lowest BCUT2D eigenvalue weighted by Gasteiger charge is -2.31. The van der Waals surface area contributed by atoms with Crippen LogP contribution in [0.2, 0.25) is 0 Å². The number of hydrogen-bond acceptors (Lipinski definition) is 3. The van der Waals surface area contributed by atoms with E-state index in [1.165, 1.54) is 0 Å². The summed E-state index contributed by atoms with van der Waals surface area (Å²) in [5.41, 5.74) is 0. The van der Waals surface area contributed by atoms with Crippen LogP contribution in [-0.4, -0.2) is 48.7 Å². The van der Waals surface area contributed by atoms with Crippen molar-refractivity contribution in [2.45, 2.75) is 6.42 Å². The molecular formula is C9H16N2O5. The predicted molar refractivity (Wildman–Crippen MR) is 54.5 cm³/mol. The van der Waals surface area contributed by atoms with Gasteiger partial charge >= 0.3 is 12.2 Å². The average Bonchev–Trinajstić information content (AvgIpc) is 2.24. The van der Waals surface area contributed by atoms with E-state index in [-0.39, 0.29) is 11.8 Å². The molecule has 0 aromatic heterocycles. The van der Waals surface area contributed by atoms with Crippen LogP contribution in [0.15, 0.2) is 0 Å². The number of carboxylic acid groups (broad SMARTS) is 2. The summed E-state index contributed by atoms with van der Waals surface area (Å²) in [4.78, 5) is 20.7. The molecule has 1 aliphatic rings. The van der Waals surface area contributed by atoms with Crippen LogP contribution in [0.1, 0.15) is 6.42 Å². The van der Waals surface area contributed by atoms with Crippen molar-refractivity contribution in [3.05, 3.63) is 0 Å². The van der Waals surface area contributed by atoms with Crippen molar-refractivity contribution in [1.29, 1.82) is 0 Å². The van der Waals surface area contributed by atoms with Gasteiger partial charge in [-0.25, -0.2) is 9.59 Å². The van der Waals surface area contributed by atoms with Crippen molar-refractivity contribution < 1.29 is 24.5 Å². The normalized spacial score (nSPS) is 24.8. The molecule has 2 atom stereocenters. The van der Waals surface area contributed by atoms with E-state index < -0.39 is 12.2 Å². The number of carbonyl (C=O) groups is 2. The summed E-state index contributed by atoms with van der Waals surface area (Å²) in [6.45, 7) is 1.69. The second-order valence-corrected chi connectivity index (χ2v) is 3.76. The molecule has 1 saturated heterocycles. The van der Waals surface area contributed by atoms with Gasteiger partial charge in [-0.3, -0.25) is 0 Å². The smallest absolute Gasteiger partial charge is 0.404 e. The highest BCUT2D eigenvalue weighted by atomic mass is 16.5. The molecule has 0 aromatic carbocycles. The maximum Gasteiger partial charge on any atom is 0.404 e. The van der Waals surface area contributed by atoms with Gasteiger partial charge in [0.1, 0.15) is 0 Å². The van der Waals surface area contributed by atoms with Crippen molar-refractivity contribution >= 4 is 12.2 Å². The first-order valence-electron chi connectivity index (χ1n) is 5.11. The van der Waals surface area contributed by atoms with Gasteiger partial charge < -0.3 is 25.6 Å². The summed E-state index contributed by atoms with van der Waals surface area (Å²) in [7, 11) is 0. The second kappa shape index (κ2) is 6.16. The SMILES string of the molecule is O=C(O)NC[C@@H]1CCOC[C@@H]1CNC(=O)O. The summed E-state index contributed by atoms with van der Waals surface area (Å²) in [5.74, 6) is 0.147. The monoisotopic (exact) mass is 232 g/mol. The fourth-order valence-corrected chi connectivity index (χ4v) is 1.77. The van der Waals surface area contributed by atoms with Gasteiger partial charge in [-0.2, -0.15) is 0 Å². The standard InChI is InChI=1S/C9H16N2O5/c12-8(13)10-3-6-1-2-16-5-7(6)4-11-9(14)15/h6-7,10-11H,1-5H2,(H,12,13)(H,14,15)/t6-,7-/m0/s1. The zero-order chi connectivity index (χ0) is 12.0. The molecular weight excluding hydrogens is 216 g/mol. The summed E-state index contributed by atoms with van der Waals surface area (Å²) < 4.78 is 5.24. The third-order valence-corrected chi connectivity index (χ3v) is 2.66. The lowest BCUT2D eigenvalue weighted by atomic mass is 9.88. The third kappa shape index (κ3) is 4.35. The van der Waals surface area contributed by atoms with E-state index in [4.69, 9.17) is 14.9 Å². The minimum absolute atomic E-state index is 0.0247. The molecule has 92 valence electrons. The Bertz CT molecular complexity index is 232. The lowest BCUT2D eigenvalue weighted by Crippen LogP contribution is -2.42. The molecule has 16 heavy (non-hydrogen) atoms. The molecule has 1 fully saturated rings. The molecule has 2 amide bonds. The van der Waals surface area contributed by atoms with E-state index in [2.05, 4.69) is 10.6 Å². The van der Waals surface area contributed by atoms with Crippen LogP contribution in [0, 0.1) is 11.8 Å². The Labute approximate surface area is 92.8 Å². The fourth-order valence-electron chi connectivity index (χ4n) is 1.77. The van der Waals surface area contributed by atoms with Gasteiger partial charge in [0, 0.05) is 25.6 Å². The number of hydrogen-bond donors (Lipinski definition) is 4. The molecule has 0 unspecified atom stereocenters. The summed E-state index contributed by atoms with van der Waals surface area (Å²) in [5, 5.41) is 21.6. The maximum atomic E-state index is 10.4. The molecule has 7 nitrogen and oxygen atoms in total. The van der Waals surface area contributed by atoms with Crippen molar-refractivity contribution in [3.63, 3.8) is 0 Å². The average molecular weight is 232 g/mol. The first kappa shape index (κ1) is 12.6. The van der Waals surface area contributed by atoms with Crippen LogP contribution in [0.5, 0.6) is 0 Å². The Morgan fingerprint density at radius 2 is 1.69 bits per heavy atom. The first-order valence-corrected chi connectivity index (χ1v) is 5.11. The highest BCUT2D eigenvalue weighted by molar-refractivity contribution is 5.64. The fraction of sp³-hybridized carbons (Fsp3) is 0.778. The van der Waals surface area contributed by atoms with Crippen LogP contribution in [-0.2, 0) is 4.74 Å². The Kier molecular flexibility index (Phi) is 4.84. The van der Waals surface area contributed by atoms with Gasteiger partial charge in [-0.1, -0.05) is 0 Å². The summed E-state index contributed by atoms with van der Waals surface area (Å²) in [6, 6.07) is 0. The Balaban J connectivity index is 2.37. The second-order valence-electron chi connectivity index (χ2n) is 3.76. The van der Waals surface area contributed by atoms with E-state index in [1.54, 1.807) is 0 Å². The van der Waals surface area contributed by atoms with Crippen LogP contribution in [0.25, 0.3) is 0 Å². The Morgan fingerprint density at radius 1 is 1.12 bits per heavy atom. The van der Waals surface area contributed by atoms with E-state index in [0.29, 0.717) is 26.3 Å². The van der Waals surface area contributed by atoms with Crippen LogP contribution in [0.3, 0.4) is 0 Å². The maximum absolute atomic E-state index is 10.4. The van der Waals surface area contributed by atoms with Crippen molar-refractivity contribution in [3.8, 4) is 0 Å². The largest absolute Gasteiger partial charge is 0.465 e. The minimum Gasteiger partial charge on any atom is -0.465 e. The van der Waals surface area contributed by atoms with Crippen LogP contribution < -0.4 is 10.6 Å². The van der Waals surface area contributed by atoms with Gasteiger partial charge in [0.2, 0.25) is 0 Å². The summed E-state index contributed by atoms with van der Waals surface area (Å²) in [6.07, 6.45) is -1.39. The topological polar surface area (TPSA) is 108 Å². The van der Waals surface area contributed by atoms with E-state index in [0.717, 1.165) is 6.42 Å². The molecule has 0 aliphatic carbocycles. The molecule has 0 aromatic rings. The molecule has 1 heterocycles. The van der Waals surface area contributed by atoms with Crippen molar-refractivity contribution in [2.24, 2.45) is 11.8 Å². The molecule has 0 radical (unpaired) electrons. The summed E-state index contributed by atoms with van der Waals surface area (Å²) >= 11 is 0. The molecule has 4 N–H and O–H groups in total. The molecule has 1 aliphatic heterocycles. The molecule has 0 spiro atoms. The zero-order valence-electron chi connectivity index (χ0n) is 8.81. The number of rotatable bonds is 4. The molecule has 1 rings (SSSR count). The molecule has 0 bridgehead atoms. The molecule has 7 heteroatoms. The minimum atomic E-state index is -1.07. The Morgan fingerprint density at radius 3 is 2.25 bits per heavy atom. The van der Waals surface area contributed by atoms with E-state index >= 15 is 0 Å². The van der Waals surface area contributed by atoms with Crippen LogP contribution in [0.4, 0.5) is 9.59 Å². The van der Waals surface area contributed by atoms with Gasteiger partial charge in [0.25, 0.3) is 0 Å². The third-order valence-electron chi connectivity index (χ3n) is 2.66. The van der Waals surface area contributed by atoms with Gasteiger partial charge in [-0.05, 0) is 12.3 Å². The zero-order valence-corrected chi connectivity index (χ0v) is 8.81. The van der Waals surface area contributed by atoms with E-state index in [1.807, 2.05) is 0 Å². The van der Waals surface area contributed by atoms with Crippen molar-refractivity contribution in [2.75, 3.05) is 26.3 Å². The number of amides is 2. The van der Waals surface area contributed by atoms with Gasteiger partial charge in [0.15, 0.2) is 0 Å². The Hall–Kier alpha value is -1.50. The predicted octanol–water partition coefficient (Wildman–Crippen LogP) is 0.174. The lowest BCUT2D eigenvalue weighted by molar-refractivity contribution is 0.0179.